The first-order valence-electron chi connectivity index (χ1n) is 10.6. The summed E-state index contributed by atoms with van der Waals surface area (Å²) in [5, 5.41) is 0. The van der Waals surface area contributed by atoms with Gasteiger partial charge in [-0.05, 0) is 32.1 Å². The summed E-state index contributed by atoms with van der Waals surface area (Å²) in [4.78, 5) is 11.8. The molecule has 0 aromatic carbocycles. The molecular formula is C22H45BrNO2+. The fourth-order valence-corrected chi connectivity index (χ4v) is 3.00. The number of carbonyl (C=O) groups is 1. The molecule has 0 bridgehead atoms. The molecule has 0 aliphatic rings. The molecule has 0 unspecified atom stereocenters. The molecular weight excluding hydrogens is 390 g/mol. The third-order valence-electron chi connectivity index (χ3n) is 4.87. The SMILES string of the molecule is Br.C=CCCCCCCCCC(=O)OCC[N+](C)(C)CCCCCCC. The molecule has 3 nitrogen and oxygen atoms in total. The van der Waals surface area contributed by atoms with E-state index in [0.717, 1.165) is 30.3 Å². The molecule has 0 aromatic heterocycles. The van der Waals surface area contributed by atoms with Crippen molar-refractivity contribution in [3.05, 3.63) is 12.7 Å². The van der Waals surface area contributed by atoms with Crippen LogP contribution >= 0.6 is 17.0 Å². The summed E-state index contributed by atoms with van der Waals surface area (Å²) in [5.41, 5.74) is 0. The molecule has 0 rings (SSSR count). The van der Waals surface area contributed by atoms with Crippen molar-refractivity contribution in [1.29, 1.82) is 0 Å². The standard InChI is InChI=1S/C22H44NO2.BrH/c1-5-7-9-11-12-13-14-16-18-22(24)25-21-20-23(3,4)19-17-15-10-8-6-2;/h5H,1,6-21H2,2-4H3;1H/q+1;. The normalized spacial score (nSPS) is 11.0. The van der Waals surface area contributed by atoms with Crippen molar-refractivity contribution in [2.45, 2.75) is 90.4 Å². The molecule has 0 radical (unpaired) electrons. The van der Waals surface area contributed by atoms with E-state index in [4.69, 9.17) is 4.74 Å². The van der Waals surface area contributed by atoms with E-state index in [9.17, 15) is 4.79 Å². The number of hydrogen-bond donors (Lipinski definition) is 0. The van der Waals surface area contributed by atoms with Gasteiger partial charge in [-0.2, -0.15) is 0 Å². The molecule has 0 N–H and O–H groups in total. The quantitative estimate of drug-likeness (QED) is 0.107. The van der Waals surface area contributed by atoms with Crippen molar-refractivity contribution >= 4 is 23.0 Å². The van der Waals surface area contributed by atoms with Crippen molar-refractivity contribution in [2.24, 2.45) is 0 Å². The third kappa shape index (κ3) is 20.0. The average Bonchev–Trinajstić information content (AvgIpc) is 2.57. The number of allylic oxidation sites excluding steroid dienone is 1. The highest BCUT2D eigenvalue weighted by atomic mass is 79.9. The zero-order chi connectivity index (χ0) is 18.8. The molecule has 0 amide bonds. The van der Waals surface area contributed by atoms with Gasteiger partial charge in [0, 0.05) is 6.42 Å². The number of unbranched alkanes of at least 4 members (excludes halogenated alkanes) is 10. The number of hydrogen-bond acceptors (Lipinski definition) is 2. The van der Waals surface area contributed by atoms with Crippen LogP contribution in [0.5, 0.6) is 0 Å². The number of likely N-dealkylation sites (N-methyl/N-ethyl adjacent to an activating group) is 1. The van der Waals surface area contributed by atoms with E-state index in [1.54, 1.807) is 0 Å². The maximum absolute atomic E-state index is 11.8. The van der Waals surface area contributed by atoms with Crippen molar-refractivity contribution in [3.8, 4) is 0 Å². The lowest BCUT2D eigenvalue weighted by Crippen LogP contribution is -2.43. The smallest absolute Gasteiger partial charge is 0.305 e. The van der Waals surface area contributed by atoms with E-state index >= 15 is 0 Å². The van der Waals surface area contributed by atoms with Gasteiger partial charge in [-0.3, -0.25) is 4.79 Å². The second-order valence-corrected chi connectivity index (χ2v) is 7.97. The van der Waals surface area contributed by atoms with Gasteiger partial charge in [0.05, 0.1) is 20.6 Å². The first kappa shape index (κ1) is 27.9. The van der Waals surface area contributed by atoms with Gasteiger partial charge < -0.3 is 9.22 Å². The second kappa shape index (κ2) is 19.4. The van der Waals surface area contributed by atoms with E-state index in [1.807, 2.05) is 6.08 Å². The van der Waals surface area contributed by atoms with Crippen LogP contribution in [-0.2, 0) is 9.53 Å². The molecule has 0 spiro atoms. The van der Waals surface area contributed by atoms with E-state index < -0.39 is 0 Å². The molecule has 0 aliphatic heterocycles. The number of ether oxygens (including phenoxy) is 1. The van der Waals surface area contributed by atoms with Gasteiger partial charge in [-0.15, -0.1) is 23.6 Å². The van der Waals surface area contributed by atoms with Gasteiger partial charge in [0.2, 0.25) is 0 Å². The Morgan fingerprint density at radius 3 is 2.12 bits per heavy atom. The summed E-state index contributed by atoms with van der Waals surface area (Å²) >= 11 is 0. The highest BCUT2D eigenvalue weighted by Gasteiger charge is 2.15. The average molecular weight is 436 g/mol. The van der Waals surface area contributed by atoms with Gasteiger partial charge in [0.25, 0.3) is 0 Å². The highest BCUT2D eigenvalue weighted by Crippen LogP contribution is 2.10. The van der Waals surface area contributed by atoms with Crippen LogP contribution in [0, 0.1) is 0 Å². The van der Waals surface area contributed by atoms with Gasteiger partial charge in [0.1, 0.15) is 13.2 Å². The Labute approximate surface area is 173 Å². The summed E-state index contributed by atoms with van der Waals surface area (Å²) < 4.78 is 6.37. The fraction of sp³-hybridized carbons (Fsp3) is 0.864. The van der Waals surface area contributed by atoms with Crippen LogP contribution in [0.3, 0.4) is 0 Å². The fourth-order valence-electron chi connectivity index (χ4n) is 3.00. The second-order valence-electron chi connectivity index (χ2n) is 7.97. The molecule has 0 fully saturated rings. The summed E-state index contributed by atoms with van der Waals surface area (Å²) in [7, 11) is 4.47. The maximum Gasteiger partial charge on any atom is 0.305 e. The van der Waals surface area contributed by atoms with E-state index in [0.29, 0.717) is 13.0 Å². The first-order chi connectivity index (χ1) is 12.0. The minimum Gasteiger partial charge on any atom is -0.460 e. The van der Waals surface area contributed by atoms with Crippen LogP contribution in [0.15, 0.2) is 12.7 Å². The van der Waals surface area contributed by atoms with Gasteiger partial charge in [0.15, 0.2) is 0 Å². The minimum absolute atomic E-state index is 0. The summed E-state index contributed by atoms with van der Waals surface area (Å²) in [6.45, 7) is 8.64. The number of esters is 1. The molecule has 0 heterocycles. The van der Waals surface area contributed by atoms with Crippen molar-refractivity contribution in [3.63, 3.8) is 0 Å². The Kier molecular flexibility index (Phi) is 20.8. The zero-order valence-corrected chi connectivity index (χ0v) is 19.5. The third-order valence-corrected chi connectivity index (χ3v) is 4.87. The van der Waals surface area contributed by atoms with Gasteiger partial charge in [-0.25, -0.2) is 0 Å². The van der Waals surface area contributed by atoms with Crippen LogP contribution < -0.4 is 0 Å². The number of carbonyl (C=O) groups excluding carboxylic acids is 1. The molecule has 0 aromatic rings. The van der Waals surface area contributed by atoms with Crippen molar-refractivity contribution < 1.29 is 14.0 Å². The van der Waals surface area contributed by atoms with Crippen molar-refractivity contribution in [2.75, 3.05) is 33.8 Å². The highest BCUT2D eigenvalue weighted by molar-refractivity contribution is 8.93. The summed E-state index contributed by atoms with van der Waals surface area (Å²) in [6.07, 6.45) is 17.4. The lowest BCUT2D eigenvalue weighted by atomic mass is 10.1. The molecule has 4 heteroatoms. The Morgan fingerprint density at radius 1 is 0.885 bits per heavy atom. The molecule has 26 heavy (non-hydrogen) atoms. The summed E-state index contributed by atoms with van der Waals surface area (Å²) in [6, 6.07) is 0. The van der Waals surface area contributed by atoms with Crippen molar-refractivity contribution in [1.82, 2.24) is 0 Å². The Morgan fingerprint density at radius 2 is 1.46 bits per heavy atom. The Hall–Kier alpha value is -0.350. The topological polar surface area (TPSA) is 26.3 Å². The Bertz CT molecular complexity index is 332. The largest absolute Gasteiger partial charge is 0.460 e. The van der Waals surface area contributed by atoms with Crippen LogP contribution in [0.4, 0.5) is 0 Å². The monoisotopic (exact) mass is 434 g/mol. The lowest BCUT2D eigenvalue weighted by molar-refractivity contribution is -0.890. The van der Waals surface area contributed by atoms with E-state index in [2.05, 4.69) is 27.6 Å². The minimum atomic E-state index is -0.0189. The van der Waals surface area contributed by atoms with Crippen LogP contribution in [0.1, 0.15) is 90.4 Å². The molecule has 0 aliphatic carbocycles. The predicted octanol–water partition coefficient (Wildman–Crippen LogP) is 6.46. The number of nitrogens with zero attached hydrogens (tertiary/aromatic N) is 1. The van der Waals surface area contributed by atoms with E-state index in [-0.39, 0.29) is 23.0 Å². The van der Waals surface area contributed by atoms with Crippen LogP contribution in [-0.4, -0.2) is 44.2 Å². The zero-order valence-electron chi connectivity index (χ0n) is 17.8. The molecule has 0 saturated heterocycles. The van der Waals surface area contributed by atoms with Crippen LogP contribution in [0.25, 0.3) is 0 Å². The number of rotatable bonds is 18. The molecule has 0 saturated carbocycles. The number of halogens is 1. The first-order valence-corrected chi connectivity index (χ1v) is 10.6. The predicted molar refractivity (Wildman–Crippen MR) is 119 cm³/mol. The van der Waals surface area contributed by atoms with Crippen LogP contribution in [0.2, 0.25) is 0 Å². The van der Waals surface area contributed by atoms with Gasteiger partial charge in [-0.1, -0.05) is 57.9 Å². The summed E-state index contributed by atoms with van der Waals surface area (Å²) in [5.74, 6) is -0.0189. The van der Waals surface area contributed by atoms with E-state index in [1.165, 1.54) is 64.3 Å². The molecule has 0 atom stereocenters. The number of quaternary nitrogens is 1. The Balaban J connectivity index is 0. The lowest BCUT2D eigenvalue weighted by Gasteiger charge is -2.29. The molecule has 156 valence electrons. The van der Waals surface area contributed by atoms with Gasteiger partial charge >= 0.3 is 5.97 Å². The maximum atomic E-state index is 11.8.